The van der Waals surface area contributed by atoms with Gasteiger partial charge in [0.2, 0.25) is 0 Å². The zero-order chi connectivity index (χ0) is 17.0. The monoisotopic (exact) mass is 323 g/mol. The molecule has 22 heavy (non-hydrogen) atoms. The minimum atomic E-state index is -1.86. The first-order valence-electron chi connectivity index (χ1n) is 7.65. The molecule has 0 unspecified atom stereocenters. The van der Waals surface area contributed by atoms with Gasteiger partial charge in [0.25, 0.3) is 0 Å². The van der Waals surface area contributed by atoms with Crippen molar-refractivity contribution in [1.82, 2.24) is 0 Å². The van der Waals surface area contributed by atoms with Crippen LogP contribution in [0.15, 0.2) is 18.2 Å². The van der Waals surface area contributed by atoms with E-state index in [0.717, 1.165) is 17.5 Å². The van der Waals surface area contributed by atoms with E-state index < -0.39 is 20.9 Å². The molecule has 4 nitrogen and oxygen atoms in total. The lowest BCUT2D eigenvalue weighted by Gasteiger charge is -2.36. The Bertz CT molecular complexity index is 518. The van der Waals surface area contributed by atoms with Gasteiger partial charge in [-0.2, -0.15) is 0 Å². The van der Waals surface area contributed by atoms with Crippen LogP contribution in [0.4, 0.5) is 0 Å². The normalized spacial score (nSPS) is 12.3. The molecule has 0 fully saturated rings. The molecule has 0 saturated heterocycles. The van der Waals surface area contributed by atoms with E-state index in [9.17, 15) is 9.90 Å². The third-order valence-electron chi connectivity index (χ3n) is 4.28. The predicted molar refractivity (Wildman–Crippen MR) is 88.3 cm³/mol. The summed E-state index contributed by atoms with van der Waals surface area (Å²) in [6.45, 7) is 13.0. The van der Waals surface area contributed by atoms with E-state index in [4.69, 9.17) is 9.16 Å². The van der Waals surface area contributed by atoms with E-state index >= 15 is 0 Å². The minimum Gasteiger partial charge on any atom is -0.546 e. The Morgan fingerprint density at radius 1 is 1.27 bits per heavy atom. The second-order valence-corrected chi connectivity index (χ2v) is 11.8. The van der Waals surface area contributed by atoms with Crippen LogP contribution >= 0.6 is 0 Å². The summed E-state index contributed by atoms with van der Waals surface area (Å²) in [4.78, 5) is 10.6. The Labute approximate surface area is 134 Å². The Morgan fingerprint density at radius 3 is 2.41 bits per heavy atom. The summed E-state index contributed by atoms with van der Waals surface area (Å²) in [7, 11) is -1.86. The molecule has 5 heteroatoms. The highest BCUT2D eigenvalue weighted by Gasteiger charge is 2.37. The Balaban J connectivity index is 2.91. The lowest BCUT2D eigenvalue weighted by molar-refractivity contribution is -0.307. The molecule has 1 aromatic carbocycles. The van der Waals surface area contributed by atoms with Gasteiger partial charge in [0, 0.05) is 5.56 Å². The first kappa shape index (κ1) is 18.7. The van der Waals surface area contributed by atoms with Crippen LogP contribution in [0.2, 0.25) is 18.1 Å². The van der Waals surface area contributed by atoms with Crippen LogP contribution in [0.25, 0.3) is 0 Å². The van der Waals surface area contributed by atoms with Crippen molar-refractivity contribution < 1.29 is 19.1 Å². The number of ether oxygens (including phenoxy) is 1. The van der Waals surface area contributed by atoms with Crippen LogP contribution in [0.1, 0.15) is 38.8 Å². The first-order chi connectivity index (χ1) is 10.1. The fourth-order valence-corrected chi connectivity index (χ4v) is 2.63. The molecule has 0 N–H and O–H groups in total. The second-order valence-electron chi connectivity index (χ2n) is 7.01. The number of aliphatic carboxylic acids is 1. The molecular formula is C17H27O4Si-. The zero-order valence-corrected chi connectivity index (χ0v) is 15.5. The molecule has 0 atom stereocenters. The molecule has 0 saturated carbocycles. The molecule has 124 valence electrons. The van der Waals surface area contributed by atoms with Crippen molar-refractivity contribution in [2.75, 3.05) is 6.61 Å². The number of aryl methyl sites for hydroxylation is 1. The van der Waals surface area contributed by atoms with E-state index in [0.29, 0.717) is 12.4 Å². The van der Waals surface area contributed by atoms with Gasteiger partial charge in [-0.1, -0.05) is 39.8 Å². The molecule has 0 radical (unpaired) electrons. The number of carbonyl (C=O) groups excluding carboxylic acids is 1. The highest BCUT2D eigenvalue weighted by Crippen LogP contribution is 2.37. The molecular weight excluding hydrogens is 296 g/mol. The van der Waals surface area contributed by atoms with E-state index in [1.54, 1.807) is 0 Å². The number of rotatable bonds is 7. The van der Waals surface area contributed by atoms with Crippen LogP contribution < -0.4 is 9.84 Å². The van der Waals surface area contributed by atoms with Crippen molar-refractivity contribution in [3.8, 4) is 5.75 Å². The topological polar surface area (TPSA) is 58.6 Å². The predicted octanol–water partition coefficient (Wildman–Crippen LogP) is 2.90. The maximum Gasteiger partial charge on any atom is 0.192 e. The standard InChI is InChI=1S/C17H28O4Si/c1-7-13-8-9-14(15(10-13)20-12-16(18)19)11-21-22(5,6)17(2,3)4/h8-10H,7,11-12H2,1-6H3,(H,18,19)/p-1. The summed E-state index contributed by atoms with van der Waals surface area (Å²) in [5.41, 5.74) is 1.98. The SMILES string of the molecule is CCc1ccc(CO[Si](C)(C)C(C)(C)C)c(OCC(=O)[O-])c1. The fourth-order valence-electron chi connectivity index (χ4n) is 1.68. The second kappa shape index (κ2) is 7.29. The van der Waals surface area contributed by atoms with Gasteiger partial charge in [-0.3, -0.25) is 0 Å². The maximum absolute atomic E-state index is 10.6. The van der Waals surface area contributed by atoms with Crippen LogP contribution in [0.5, 0.6) is 5.75 Å². The van der Waals surface area contributed by atoms with Gasteiger partial charge >= 0.3 is 0 Å². The summed E-state index contributed by atoms with van der Waals surface area (Å²) in [6.07, 6.45) is 0.866. The average molecular weight is 323 g/mol. The Hall–Kier alpha value is -1.33. The van der Waals surface area contributed by atoms with Gasteiger partial charge in [-0.05, 0) is 36.2 Å². The highest BCUT2D eigenvalue weighted by molar-refractivity contribution is 6.74. The van der Waals surface area contributed by atoms with Crippen LogP contribution in [0.3, 0.4) is 0 Å². The molecule has 0 heterocycles. The molecule has 0 aliphatic heterocycles. The van der Waals surface area contributed by atoms with Crippen molar-refractivity contribution in [1.29, 1.82) is 0 Å². The van der Waals surface area contributed by atoms with Crippen molar-refractivity contribution >= 4 is 14.3 Å². The first-order valence-corrected chi connectivity index (χ1v) is 10.6. The number of carboxylic acids is 1. The highest BCUT2D eigenvalue weighted by atomic mass is 28.4. The number of carbonyl (C=O) groups is 1. The van der Waals surface area contributed by atoms with Crippen molar-refractivity contribution in [2.45, 2.75) is 58.9 Å². The van der Waals surface area contributed by atoms with Gasteiger partial charge in [-0.25, -0.2) is 0 Å². The summed E-state index contributed by atoms with van der Waals surface area (Å²) in [5, 5.41) is 10.8. The van der Waals surface area contributed by atoms with Crippen LogP contribution in [0, 0.1) is 0 Å². The Kier molecular flexibility index (Phi) is 6.20. The lowest BCUT2D eigenvalue weighted by Crippen LogP contribution is -2.40. The van der Waals surface area contributed by atoms with Crippen molar-refractivity contribution in [3.05, 3.63) is 29.3 Å². The minimum absolute atomic E-state index is 0.127. The molecule has 0 aromatic heterocycles. The van der Waals surface area contributed by atoms with E-state index in [2.05, 4.69) is 33.9 Å². The van der Waals surface area contributed by atoms with Gasteiger partial charge in [0.15, 0.2) is 8.32 Å². The van der Waals surface area contributed by atoms with Crippen LogP contribution in [-0.4, -0.2) is 20.9 Å². The fraction of sp³-hybridized carbons (Fsp3) is 0.588. The van der Waals surface area contributed by atoms with Gasteiger partial charge < -0.3 is 19.1 Å². The number of carboxylic acid groups (broad SMARTS) is 1. The number of benzene rings is 1. The smallest absolute Gasteiger partial charge is 0.192 e. The zero-order valence-electron chi connectivity index (χ0n) is 14.5. The van der Waals surface area contributed by atoms with Crippen molar-refractivity contribution in [2.24, 2.45) is 0 Å². The van der Waals surface area contributed by atoms with Crippen LogP contribution in [-0.2, 0) is 22.2 Å². The van der Waals surface area contributed by atoms with E-state index in [1.807, 2.05) is 25.1 Å². The summed E-state index contributed by atoms with van der Waals surface area (Å²) in [5.74, 6) is -0.652. The molecule has 0 aliphatic carbocycles. The van der Waals surface area contributed by atoms with E-state index in [1.165, 1.54) is 0 Å². The summed E-state index contributed by atoms with van der Waals surface area (Å²) < 4.78 is 11.6. The quantitative estimate of drug-likeness (QED) is 0.724. The van der Waals surface area contributed by atoms with Gasteiger partial charge in [0.1, 0.15) is 12.4 Å². The van der Waals surface area contributed by atoms with Gasteiger partial charge in [0.05, 0.1) is 12.6 Å². The largest absolute Gasteiger partial charge is 0.546 e. The lowest BCUT2D eigenvalue weighted by atomic mass is 10.1. The molecule has 1 rings (SSSR count). The summed E-state index contributed by atoms with van der Waals surface area (Å²) >= 11 is 0. The average Bonchev–Trinajstić information content (AvgIpc) is 2.41. The molecule has 0 amide bonds. The molecule has 0 aliphatic rings. The number of hydrogen-bond acceptors (Lipinski definition) is 4. The molecule has 1 aromatic rings. The molecule has 0 bridgehead atoms. The maximum atomic E-state index is 10.6. The van der Waals surface area contributed by atoms with Gasteiger partial charge in [-0.15, -0.1) is 0 Å². The Morgan fingerprint density at radius 2 is 1.91 bits per heavy atom. The third kappa shape index (κ3) is 5.14. The third-order valence-corrected chi connectivity index (χ3v) is 8.76. The number of hydrogen-bond donors (Lipinski definition) is 0. The van der Waals surface area contributed by atoms with Crippen molar-refractivity contribution in [3.63, 3.8) is 0 Å². The van der Waals surface area contributed by atoms with E-state index in [-0.39, 0.29) is 5.04 Å². The molecule has 0 spiro atoms. The summed E-state index contributed by atoms with van der Waals surface area (Å²) in [6, 6.07) is 5.86.